The minimum atomic E-state index is -0.0653. The second-order valence-electron chi connectivity index (χ2n) is 7.97. The molecule has 1 fully saturated rings. The van der Waals surface area contributed by atoms with E-state index in [1.54, 1.807) is 19.1 Å². The van der Waals surface area contributed by atoms with Crippen molar-refractivity contribution in [2.45, 2.75) is 13.8 Å². The van der Waals surface area contributed by atoms with Crippen LogP contribution in [-0.4, -0.2) is 45.7 Å². The maximum Gasteiger partial charge on any atom is 0.266 e. The first kappa shape index (κ1) is 23.1. The van der Waals surface area contributed by atoms with Crippen LogP contribution < -0.4 is 9.47 Å². The number of rotatable bonds is 7. The van der Waals surface area contributed by atoms with Crippen LogP contribution in [0.4, 0.5) is 0 Å². The summed E-state index contributed by atoms with van der Waals surface area (Å²) in [6.45, 7) is 4.75. The molecule has 33 heavy (non-hydrogen) atoms. The van der Waals surface area contributed by atoms with Gasteiger partial charge in [-0.1, -0.05) is 56.0 Å². The first-order valence-electron chi connectivity index (χ1n) is 10.5. The molecule has 0 bridgehead atoms. The summed E-state index contributed by atoms with van der Waals surface area (Å²) in [6, 6.07) is 15.5. The predicted molar refractivity (Wildman–Crippen MR) is 137 cm³/mol. The van der Waals surface area contributed by atoms with Crippen molar-refractivity contribution in [3.63, 3.8) is 0 Å². The van der Waals surface area contributed by atoms with E-state index >= 15 is 0 Å². The molecule has 170 valence electrons. The van der Waals surface area contributed by atoms with Gasteiger partial charge in [0.05, 0.1) is 24.8 Å². The fourth-order valence-electron chi connectivity index (χ4n) is 3.58. The Morgan fingerprint density at radius 1 is 1.09 bits per heavy atom. The Labute approximate surface area is 203 Å². The van der Waals surface area contributed by atoms with Gasteiger partial charge in [0, 0.05) is 23.9 Å². The molecule has 2 aromatic carbocycles. The monoisotopic (exact) mass is 479 g/mol. The lowest BCUT2D eigenvalue weighted by Crippen LogP contribution is -2.31. The van der Waals surface area contributed by atoms with Crippen LogP contribution in [0.2, 0.25) is 0 Å². The number of thioether (sulfide) groups is 1. The molecule has 1 amide bonds. The number of thiocarbonyl (C=S) groups is 1. The molecule has 1 aliphatic heterocycles. The average molecular weight is 480 g/mol. The number of nitrogens with zero attached hydrogens (tertiary/aromatic N) is 3. The second kappa shape index (κ2) is 9.80. The molecule has 0 unspecified atom stereocenters. The van der Waals surface area contributed by atoms with E-state index in [9.17, 15) is 4.79 Å². The van der Waals surface area contributed by atoms with Crippen molar-refractivity contribution in [3.8, 4) is 28.4 Å². The Balaban J connectivity index is 1.81. The van der Waals surface area contributed by atoms with E-state index in [-0.39, 0.29) is 5.91 Å². The van der Waals surface area contributed by atoms with E-state index in [0.29, 0.717) is 33.2 Å². The van der Waals surface area contributed by atoms with Crippen LogP contribution in [0, 0.1) is 5.92 Å². The van der Waals surface area contributed by atoms with Crippen molar-refractivity contribution >= 4 is 40.3 Å². The van der Waals surface area contributed by atoms with Crippen LogP contribution in [0.15, 0.2) is 59.6 Å². The Bertz CT molecular complexity index is 1220. The molecule has 0 N–H and O–H groups in total. The lowest BCUT2D eigenvalue weighted by Gasteiger charge is -2.16. The number of aromatic nitrogens is 2. The fraction of sp³-hybridized carbons (Fsp3) is 0.240. The van der Waals surface area contributed by atoms with Gasteiger partial charge in [-0.15, -0.1) is 0 Å². The van der Waals surface area contributed by atoms with Crippen LogP contribution in [0.1, 0.15) is 19.4 Å². The molecule has 4 rings (SSSR count). The molecule has 6 nitrogen and oxygen atoms in total. The van der Waals surface area contributed by atoms with Gasteiger partial charge in [0.1, 0.15) is 10.0 Å². The van der Waals surface area contributed by atoms with Crippen molar-refractivity contribution in [1.82, 2.24) is 14.7 Å². The summed E-state index contributed by atoms with van der Waals surface area (Å²) in [4.78, 5) is 15.3. The number of para-hydroxylation sites is 1. The number of ether oxygens (including phenoxy) is 2. The average Bonchev–Trinajstić information content (AvgIpc) is 3.35. The molecule has 1 saturated heterocycles. The van der Waals surface area contributed by atoms with E-state index in [1.165, 1.54) is 11.8 Å². The molecule has 1 aromatic heterocycles. The van der Waals surface area contributed by atoms with Gasteiger partial charge in [-0.3, -0.25) is 9.69 Å². The summed E-state index contributed by atoms with van der Waals surface area (Å²) in [5.74, 6) is 1.51. The van der Waals surface area contributed by atoms with Crippen LogP contribution in [0.25, 0.3) is 23.0 Å². The van der Waals surface area contributed by atoms with E-state index in [0.717, 1.165) is 22.5 Å². The summed E-state index contributed by atoms with van der Waals surface area (Å²) in [5, 5.41) is 4.84. The number of carbonyl (C=O) groups is 1. The van der Waals surface area contributed by atoms with Gasteiger partial charge < -0.3 is 9.47 Å². The Kier molecular flexibility index (Phi) is 6.85. The zero-order valence-corrected chi connectivity index (χ0v) is 20.6. The Morgan fingerprint density at radius 3 is 2.48 bits per heavy atom. The fourth-order valence-corrected chi connectivity index (χ4v) is 4.84. The topological polar surface area (TPSA) is 56.6 Å². The summed E-state index contributed by atoms with van der Waals surface area (Å²) < 4.78 is 13.3. The van der Waals surface area contributed by atoms with Crippen LogP contribution in [0.3, 0.4) is 0 Å². The highest BCUT2D eigenvalue weighted by Crippen LogP contribution is 2.37. The zero-order chi connectivity index (χ0) is 23.5. The maximum absolute atomic E-state index is 13.0. The first-order chi connectivity index (χ1) is 15.9. The van der Waals surface area contributed by atoms with Crippen molar-refractivity contribution in [2.75, 3.05) is 20.8 Å². The highest BCUT2D eigenvalue weighted by Gasteiger charge is 2.32. The quantitative estimate of drug-likeness (QED) is 0.333. The predicted octanol–water partition coefficient (Wildman–Crippen LogP) is 5.41. The largest absolute Gasteiger partial charge is 0.493 e. The normalized spacial score (nSPS) is 15.1. The third-order valence-electron chi connectivity index (χ3n) is 5.13. The minimum absolute atomic E-state index is 0.0653. The molecule has 0 atom stereocenters. The number of methoxy groups -OCH3 is 2. The lowest BCUT2D eigenvalue weighted by atomic mass is 10.1. The summed E-state index contributed by atoms with van der Waals surface area (Å²) in [7, 11) is 3.21. The second-order valence-corrected chi connectivity index (χ2v) is 9.64. The molecule has 0 spiro atoms. The van der Waals surface area contributed by atoms with Crippen LogP contribution in [0.5, 0.6) is 11.5 Å². The number of amides is 1. The van der Waals surface area contributed by atoms with Crippen LogP contribution in [-0.2, 0) is 4.79 Å². The maximum atomic E-state index is 13.0. The van der Waals surface area contributed by atoms with Crippen molar-refractivity contribution in [1.29, 1.82) is 0 Å². The number of carbonyl (C=O) groups excluding carboxylic acids is 1. The van der Waals surface area contributed by atoms with Crippen molar-refractivity contribution in [2.24, 2.45) is 5.92 Å². The molecule has 2 heterocycles. The molecule has 0 saturated carbocycles. The molecular formula is C25H25N3O3S2. The van der Waals surface area contributed by atoms with Gasteiger partial charge in [-0.05, 0) is 42.3 Å². The third-order valence-corrected chi connectivity index (χ3v) is 6.51. The number of hydrogen-bond donors (Lipinski definition) is 0. The van der Waals surface area contributed by atoms with Crippen molar-refractivity contribution in [3.05, 3.63) is 65.2 Å². The first-order valence-corrected chi connectivity index (χ1v) is 11.8. The standard InChI is InChI=1S/C25H25N3O3S2/c1-16(2)14-27-24(29)22(33-25(27)32)13-18-15-28(19-8-6-5-7-9-19)26-23(18)17-10-11-20(30-3)21(12-17)31-4/h5-13,15-16H,14H2,1-4H3/b22-13-. The zero-order valence-electron chi connectivity index (χ0n) is 18.9. The third kappa shape index (κ3) is 4.82. The van der Waals surface area contributed by atoms with Crippen molar-refractivity contribution < 1.29 is 14.3 Å². The highest BCUT2D eigenvalue weighted by molar-refractivity contribution is 8.26. The van der Waals surface area contributed by atoms with E-state index in [1.807, 2.05) is 65.5 Å². The van der Waals surface area contributed by atoms with Gasteiger partial charge in [-0.2, -0.15) is 5.10 Å². The van der Waals surface area contributed by atoms with Gasteiger partial charge in [-0.25, -0.2) is 4.68 Å². The smallest absolute Gasteiger partial charge is 0.266 e. The van der Waals surface area contributed by atoms with Gasteiger partial charge in [0.2, 0.25) is 0 Å². The Hall–Kier alpha value is -3.10. The molecule has 0 radical (unpaired) electrons. The summed E-state index contributed by atoms with van der Waals surface area (Å²) in [6.07, 6.45) is 3.80. The molecular weight excluding hydrogens is 454 g/mol. The number of benzene rings is 2. The highest BCUT2D eigenvalue weighted by atomic mass is 32.2. The van der Waals surface area contributed by atoms with Gasteiger partial charge in [0.25, 0.3) is 5.91 Å². The van der Waals surface area contributed by atoms with E-state index < -0.39 is 0 Å². The lowest BCUT2D eigenvalue weighted by molar-refractivity contribution is -0.122. The summed E-state index contributed by atoms with van der Waals surface area (Å²) in [5.41, 5.74) is 3.32. The SMILES string of the molecule is COc1ccc(-c2nn(-c3ccccc3)cc2/C=C2\SC(=S)N(CC(C)C)C2=O)cc1OC. The number of hydrogen-bond acceptors (Lipinski definition) is 6. The molecule has 0 aliphatic carbocycles. The van der Waals surface area contributed by atoms with E-state index in [2.05, 4.69) is 13.8 Å². The molecule has 1 aliphatic rings. The molecule has 3 aromatic rings. The molecule has 8 heteroatoms. The van der Waals surface area contributed by atoms with Gasteiger partial charge in [0.15, 0.2) is 11.5 Å². The van der Waals surface area contributed by atoms with Gasteiger partial charge >= 0.3 is 0 Å². The van der Waals surface area contributed by atoms with Crippen LogP contribution >= 0.6 is 24.0 Å². The van der Waals surface area contributed by atoms with E-state index in [4.69, 9.17) is 26.8 Å². The Morgan fingerprint density at radius 2 is 1.82 bits per heavy atom. The minimum Gasteiger partial charge on any atom is -0.493 e. The summed E-state index contributed by atoms with van der Waals surface area (Å²) >= 11 is 6.80.